The molecular formula is C14H13NO3S. The molecule has 19 heavy (non-hydrogen) atoms. The standard InChI is InChI=1S/C14H13NO3S/c1-9-2-7-13(19-9)12(16)8-18-11-5-3-10(4-6-11)14(15)17/h2-7H,8H2,1H3,(H2,15,17). The smallest absolute Gasteiger partial charge is 0.248 e. The molecule has 0 saturated heterocycles. The van der Waals surface area contributed by atoms with Gasteiger partial charge < -0.3 is 10.5 Å². The zero-order valence-corrected chi connectivity index (χ0v) is 11.2. The van der Waals surface area contributed by atoms with Gasteiger partial charge >= 0.3 is 0 Å². The fourth-order valence-corrected chi connectivity index (χ4v) is 2.31. The summed E-state index contributed by atoms with van der Waals surface area (Å²) in [5.74, 6) is -0.0135. The second kappa shape index (κ2) is 5.67. The van der Waals surface area contributed by atoms with Crippen LogP contribution in [0.15, 0.2) is 36.4 Å². The van der Waals surface area contributed by atoms with Crippen LogP contribution in [0.4, 0.5) is 0 Å². The van der Waals surface area contributed by atoms with Gasteiger partial charge in [0.15, 0.2) is 6.61 Å². The number of hydrogen-bond acceptors (Lipinski definition) is 4. The van der Waals surface area contributed by atoms with E-state index in [2.05, 4.69) is 0 Å². The van der Waals surface area contributed by atoms with E-state index in [1.807, 2.05) is 13.0 Å². The van der Waals surface area contributed by atoms with E-state index in [-0.39, 0.29) is 12.4 Å². The number of carbonyl (C=O) groups is 2. The van der Waals surface area contributed by atoms with Crippen LogP contribution in [0.3, 0.4) is 0 Å². The molecule has 0 bridgehead atoms. The molecule has 4 nitrogen and oxygen atoms in total. The number of aryl methyl sites for hydroxylation is 1. The third-order valence-corrected chi connectivity index (χ3v) is 3.57. The number of hydrogen-bond donors (Lipinski definition) is 1. The van der Waals surface area contributed by atoms with Crippen LogP contribution < -0.4 is 10.5 Å². The van der Waals surface area contributed by atoms with Gasteiger partial charge in [0.05, 0.1) is 4.88 Å². The van der Waals surface area contributed by atoms with Crippen molar-refractivity contribution in [3.63, 3.8) is 0 Å². The minimum atomic E-state index is -0.489. The molecule has 1 aromatic carbocycles. The number of benzene rings is 1. The molecule has 0 aliphatic rings. The molecular weight excluding hydrogens is 262 g/mol. The van der Waals surface area contributed by atoms with E-state index < -0.39 is 5.91 Å². The molecule has 0 aliphatic heterocycles. The summed E-state index contributed by atoms with van der Waals surface area (Å²) in [5, 5.41) is 0. The normalized spacial score (nSPS) is 10.2. The van der Waals surface area contributed by atoms with Crippen LogP contribution in [0.2, 0.25) is 0 Å². The predicted octanol–water partition coefficient (Wildman–Crippen LogP) is 2.42. The molecule has 5 heteroatoms. The van der Waals surface area contributed by atoms with Gasteiger partial charge in [-0.3, -0.25) is 9.59 Å². The van der Waals surface area contributed by atoms with Crippen LogP contribution in [0.5, 0.6) is 5.75 Å². The van der Waals surface area contributed by atoms with Gasteiger partial charge in [0.25, 0.3) is 0 Å². The third kappa shape index (κ3) is 3.42. The van der Waals surface area contributed by atoms with Crippen molar-refractivity contribution >= 4 is 23.0 Å². The highest BCUT2D eigenvalue weighted by Crippen LogP contribution is 2.17. The summed E-state index contributed by atoms with van der Waals surface area (Å²) in [6.07, 6.45) is 0. The van der Waals surface area contributed by atoms with Crippen molar-refractivity contribution < 1.29 is 14.3 Å². The molecule has 0 spiro atoms. The molecule has 0 aliphatic carbocycles. The summed E-state index contributed by atoms with van der Waals surface area (Å²) in [4.78, 5) is 24.5. The molecule has 2 N–H and O–H groups in total. The molecule has 98 valence electrons. The quantitative estimate of drug-likeness (QED) is 0.852. The molecule has 0 saturated carbocycles. The SMILES string of the molecule is Cc1ccc(C(=O)COc2ccc(C(N)=O)cc2)s1. The lowest BCUT2D eigenvalue weighted by atomic mass is 10.2. The molecule has 0 radical (unpaired) electrons. The van der Waals surface area contributed by atoms with Crippen LogP contribution in [-0.4, -0.2) is 18.3 Å². The van der Waals surface area contributed by atoms with E-state index in [4.69, 9.17) is 10.5 Å². The van der Waals surface area contributed by atoms with Crippen molar-refractivity contribution in [1.82, 2.24) is 0 Å². The fourth-order valence-electron chi connectivity index (χ4n) is 1.52. The maximum absolute atomic E-state index is 11.8. The number of ether oxygens (including phenoxy) is 1. The largest absolute Gasteiger partial charge is 0.485 e. The minimum absolute atomic E-state index is 0.0180. The van der Waals surface area contributed by atoms with Gasteiger partial charge in [-0.2, -0.15) is 0 Å². The first-order valence-corrected chi connectivity index (χ1v) is 6.50. The van der Waals surface area contributed by atoms with Crippen molar-refractivity contribution in [2.45, 2.75) is 6.92 Å². The Balaban J connectivity index is 1.95. The van der Waals surface area contributed by atoms with E-state index in [9.17, 15) is 9.59 Å². The highest BCUT2D eigenvalue weighted by molar-refractivity contribution is 7.14. The van der Waals surface area contributed by atoms with E-state index in [1.54, 1.807) is 30.3 Å². The van der Waals surface area contributed by atoms with E-state index in [0.29, 0.717) is 16.2 Å². The maximum atomic E-state index is 11.8. The van der Waals surface area contributed by atoms with Gasteiger partial charge in [-0.15, -0.1) is 11.3 Å². The number of Topliss-reactive ketones (excluding diaryl/α,β-unsaturated/α-hetero) is 1. The zero-order chi connectivity index (χ0) is 13.8. The van der Waals surface area contributed by atoms with Crippen molar-refractivity contribution in [3.8, 4) is 5.75 Å². The van der Waals surface area contributed by atoms with Crippen molar-refractivity contribution in [2.75, 3.05) is 6.61 Å². The lowest BCUT2D eigenvalue weighted by Crippen LogP contribution is -2.12. The summed E-state index contributed by atoms with van der Waals surface area (Å²) >= 11 is 1.45. The highest BCUT2D eigenvalue weighted by Gasteiger charge is 2.09. The van der Waals surface area contributed by atoms with Gasteiger partial charge in [0.1, 0.15) is 5.75 Å². The Hall–Kier alpha value is -2.14. The van der Waals surface area contributed by atoms with E-state index in [1.165, 1.54) is 11.3 Å². The fraction of sp³-hybridized carbons (Fsp3) is 0.143. The third-order valence-electron chi connectivity index (χ3n) is 2.52. The van der Waals surface area contributed by atoms with Gasteiger partial charge in [0, 0.05) is 10.4 Å². The lowest BCUT2D eigenvalue weighted by molar-refractivity contribution is 0.0924. The maximum Gasteiger partial charge on any atom is 0.248 e. The molecule has 0 atom stereocenters. The molecule has 2 rings (SSSR count). The first-order valence-electron chi connectivity index (χ1n) is 5.68. The van der Waals surface area contributed by atoms with Gasteiger partial charge in [0.2, 0.25) is 11.7 Å². The first kappa shape index (κ1) is 13.3. The summed E-state index contributed by atoms with van der Waals surface area (Å²) < 4.78 is 5.37. The lowest BCUT2D eigenvalue weighted by Gasteiger charge is -2.04. The number of nitrogens with two attached hydrogens (primary N) is 1. The average molecular weight is 275 g/mol. The number of amides is 1. The van der Waals surface area contributed by atoms with Crippen LogP contribution >= 0.6 is 11.3 Å². The van der Waals surface area contributed by atoms with Crippen molar-refractivity contribution in [1.29, 1.82) is 0 Å². The number of thiophene rings is 1. The summed E-state index contributed by atoms with van der Waals surface area (Å²) in [7, 11) is 0. The van der Waals surface area contributed by atoms with Gasteiger partial charge in [-0.25, -0.2) is 0 Å². The van der Waals surface area contributed by atoms with Crippen LogP contribution in [-0.2, 0) is 0 Å². The minimum Gasteiger partial charge on any atom is -0.485 e. The van der Waals surface area contributed by atoms with Crippen molar-refractivity contribution in [3.05, 3.63) is 51.7 Å². The van der Waals surface area contributed by atoms with E-state index in [0.717, 1.165) is 4.88 Å². The summed E-state index contributed by atoms with van der Waals surface area (Å²) in [5.41, 5.74) is 5.54. The Morgan fingerprint density at radius 1 is 1.16 bits per heavy atom. The molecule has 0 unspecified atom stereocenters. The second-order valence-corrected chi connectivity index (χ2v) is 5.30. The Labute approximate surface area is 114 Å². The number of primary amides is 1. The number of ketones is 1. The molecule has 1 heterocycles. The van der Waals surface area contributed by atoms with Crippen LogP contribution in [0.25, 0.3) is 0 Å². The molecule has 1 aromatic heterocycles. The van der Waals surface area contributed by atoms with Gasteiger partial charge in [-0.05, 0) is 43.3 Å². The highest BCUT2D eigenvalue weighted by atomic mass is 32.1. The number of rotatable bonds is 5. The second-order valence-electron chi connectivity index (χ2n) is 4.01. The average Bonchev–Trinajstić information content (AvgIpc) is 2.83. The Morgan fingerprint density at radius 3 is 2.37 bits per heavy atom. The van der Waals surface area contributed by atoms with Crippen LogP contribution in [0, 0.1) is 6.92 Å². The zero-order valence-electron chi connectivity index (χ0n) is 10.4. The molecule has 2 aromatic rings. The number of carbonyl (C=O) groups excluding carboxylic acids is 2. The first-order chi connectivity index (χ1) is 9.06. The van der Waals surface area contributed by atoms with E-state index >= 15 is 0 Å². The topological polar surface area (TPSA) is 69.4 Å². The van der Waals surface area contributed by atoms with Crippen LogP contribution in [0.1, 0.15) is 24.9 Å². The Bertz CT molecular complexity index is 601. The van der Waals surface area contributed by atoms with Gasteiger partial charge in [-0.1, -0.05) is 0 Å². The summed E-state index contributed by atoms with van der Waals surface area (Å²) in [6.45, 7) is 1.93. The molecule has 1 amide bonds. The Morgan fingerprint density at radius 2 is 1.84 bits per heavy atom. The Kier molecular flexibility index (Phi) is 3.97. The monoisotopic (exact) mass is 275 g/mol. The molecule has 0 fully saturated rings. The predicted molar refractivity (Wildman–Crippen MR) is 73.8 cm³/mol. The van der Waals surface area contributed by atoms with Crippen molar-refractivity contribution in [2.24, 2.45) is 5.73 Å². The summed E-state index contributed by atoms with van der Waals surface area (Å²) in [6, 6.07) is 10.1.